The van der Waals surface area contributed by atoms with Crippen LogP contribution in [0, 0.1) is 0 Å². The maximum Gasteiger partial charge on any atom is 0.245 e. The summed E-state index contributed by atoms with van der Waals surface area (Å²) in [6.07, 6.45) is 2.10. The van der Waals surface area contributed by atoms with Crippen molar-refractivity contribution < 1.29 is 14.6 Å². The minimum Gasteiger partial charge on any atom is -0.493 e. The quantitative estimate of drug-likeness (QED) is 0.863. The van der Waals surface area contributed by atoms with Gasteiger partial charge in [0.2, 0.25) is 5.91 Å². The van der Waals surface area contributed by atoms with Crippen LogP contribution >= 0.6 is 0 Å². The van der Waals surface area contributed by atoms with E-state index in [0.29, 0.717) is 6.54 Å². The summed E-state index contributed by atoms with van der Waals surface area (Å²) in [5.74, 6) is 0.638. The van der Waals surface area contributed by atoms with Gasteiger partial charge in [-0.1, -0.05) is 26.0 Å². The predicted molar refractivity (Wildman–Crippen MR) is 73.4 cm³/mol. The molecule has 2 rings (SSSR count). The molecule has 2 N–H and O–H groups in total. The molecule has 0 aliphatic carbocycles. The molecule has 0 aromatic heterocycles. The molecule has 1 aromatic rings. The Balaban J connectivity index is 2.13. The number of nitrogens with one attached hydrogen (secondary N) is 1. The van der Waals surface area contributed by atoms with Crippen LogP contribution in [0.4, 0.5) is 0 Å². The molecule has 1 aromatic carbocycles. The summed E-state index contributed by atoms with van der Waals surface area (Å²) in [6, 6.07) is 6.23. The topological polar surface area (TPSA) is 58.6 Å². The summed E-state index contributed by atoms with van der Waals surface area (Å²) >= 11 is 0. The number of benzene rings is 1. The monoisotopic (exact) mass is 263 g/mol. The molecule has 1 amide bonds. The van der Waals surface area contributed by atoms with Crippen molar-refractivity contribution in [2.45, 2.75) is 32.1 Å². The third kappa shape index (κ3) is 3.26. The van der Waals surface area contributed by atoms with Crippen molar-refractivity contribution in [3.8, 4) is 5.75 Å². The van der Waals surface area contributed by atoms with Crippen molar-refractivity contribution in [2.75, 3.05) is 19.8 Å². The summed E-state index contributed by atoms with van der Waals surface area (Å²) in [5.41, 5.74) is 2.25. The standard InChI is InChI=1S/C15H21NO3/c1-15(2,10-16-14(18)9-17)12-5-6-13-11(8-12)4-3-7-19-13/h5-6,8,17H,3-4,7,9-10H2,1-2H3,(H,16,18). The Kier molecular flexibility index (Phi) is 4.10. The van der Waals surface area contributed by atoms with Gasteiger partial charge in [-0.25, -0.2) is 0 Å². The highest BCUT2D eigenvalue weighted by Gasteiger charge is 2.23. The molecule has 0 spiro atoms. The first-order valence-corrected chi connectivity index (χ1v) is 6.67. The van der Waals surface area contributed by atoms with Crippen LogP contribution in [0.3, 0.4) is 0 Å². The van der Waals surface area contributed by atoms with E-state index in [1.807, 2.05) is 6.07 Å². The number of aliphatic hydroxyl groups is 1. The van der Waals surface area contributed by atoms with Crippen LogP contribution in [0.2, 0.25) is 0 Å². The minimum absolute atomic E-state index is 0.169. The van der Waals surface area contributed by atoms with E-state index in [1.165, 1.54) is 11.1 Å². The van der Waals surface area contributed by atoms with E-state index in [1.54, 1.807) is 0 Å². The van der Waals surface area contributed by atoms with Crippen LogP contribution in [-0.2, 0) is 16.6 Å². The lowest BCUT2D eigenvalue weighted by Crippen LogP contribution is -2.38. The van der Waals surface area contributed by atoms with E-state index >= 15 is 0 Å². The van der Waals surface area contributed by atoms with Gasteiger partial charge >= 0.3 is 0 Å². The number of amides is 1. The number of hydrogen-bond acceptors (Lipinski definition) is 3. The van der Waals surface area contributed by atoms with E-state index in [2.05, 4.69) is 31.3 Å². The zero-order chi connectivity index (χ0) is 13.9. The molecule has 0 saturated carbocycles. The van der Waals surface area contributed by atoms with E-state index in [4.69, 9.17) is 9.84 Å². The summed E-state index contributed by atoms with van der Waals surface area (Å²) in [6.45, 7) is 4.99. The zero-order valence-corrected chi connectivity index (χ0v) is 11.5. The van der Waals surface area contributed by atoms with Crippen molar-refractivity contribution in [1.82, 2.24) is 5.32 Å². The zero-order valence-electron chi connectivity index (χ0n) is 11.5. The van der Waals surface area contributed by atoms with Gasteiger partial charge in [0.1, 0.15) is 12.4 Å². The van der Waals surface area contributed by atoms with Gasteiger partial charge in [-0.05, 0) is 30.0 Å². The number of carbonyl (C=O) groups excluding carboxylic acids is 1. The van der Waals surface area contributed by atoms with Crippen molar-refractivity contribution in [2.24, 2.45) is 0 Å². The van der Waals surface area contributed by atoms with Gasteiger partial charge in [0.25, 0.3) is 0 Å². The molecule has 1 aliphatic heterocycles. The molecule has 0 saturated heterocycles. The van der Waals surface area contributed by atoms with Gasteiger partial charge in [-0.3, -0.25) is 4.79 Å². The molecule has 1 heterocycles. The molecule has 4 nitrogen and oxygen atoms in total. The largest absolute Gasteiger partial charge is 0.493 e. The molecule has 19 heavy (non-hydrogen) atoms. The number of rotatable bonds is 4. The number of hydrogen-bond donors (Lipinski definition) is 2. The highest BCUT2D eigenvalue weighted by atomic mass is 16.5. The van der Waals surface area contributed by atoms with E-state index in [-0.39, 0.29) is 11.3 Å². The highest BCUT2D eigenvalue weighted by molar-refractivity contribution is 5.77. The van der Waals surface area contributed by atoms with E-state index in [9.17, 15) is 4.79 Å². The second kappa shape index (κ2) is 5.61. The average Bonchev–Trinajstić information content (AvgIpc) is 2.44. The predicted octanol–water partition coefficient (Wildman–Crippen LogP) is 1.40. The van der Waals surface area contributed by atoms with Crippen molar-refractivity contribution in [3.63, 3.8) is 0 Å². The molecular weight excluding hydrogens is 242 g/mol. The highest BCUT2D eigenvalue weighted by Crippen LogP contribution is 2.30. The summed E-state index contributed by atoms with van der Waals surface area (Å²) < 4.78 is 5.60. The Morgan fingerprint density at radius 3 is 3.00 bits per heavy atom. The Morgan fingerprint density at radius 1 is 1.47 bits per heavy atom. The molecule has 4 heteroatoms. The van der Waals surface area contributed by atoms with Crippen LogP contribution < -0.4 is 10.1 Å². The van der Waals surface area contributed by atoms with Crippen LogP contribution in [-0.4, -0.2) is 30.8 Å². The van der Waals surface area contributed by atoms with Gasteiger partial charge < -0.3 is 15.2 Å². The van der Waals surface area contributed by atoms with Crippen LogP contribution in [0.1, 0.15) is 31.4 Å². The Hall–Kier alpha value is -1.55. The summed E-state index contributed by atoms with van der Waals surface area (Å²) in [7, 11) is 0. The Labute approximate surface area is 113 Å². The molecule has 0 bridgehead atoms. The van der Waals surface area contributed by atoms with Crippen LogP contribution in [0.5, 0.6) is 5.75 Å². The second-order valence-electron chi connectivity index (χ2n) is 5.59. The number of ether oxygens (including phenoxy) is 1. The first-order chi connectivity index (χ1) is 9.03. The lowest BCUT2D eigenvalue weighted by atomic mass is 9.83. The number of fused-ring (bicyclic) bond motifs is 1. The van der Waals surface area contributed by atoms with Gasteiger partial charge in [0, 0.05) is 12.0 Å². The molecule has 0 atom stereocenters. The summed E-state index contributed by atoms with van der Waals surface area (Å²) in [4.78, 5) is 11.1. The number of aryl methyl sites for hydroxylation is 1. The molecule has 0 unspecified atom stereocenters. The van der Waals surface area contributed by atoms with Gasteiger partial charge in [0.15, 0.2) is 0 Å². The number of aliphatic hydroxyl groups excluding tert-OH is 1. The molecular formula is C15H21NO3. The maximum absolute atomic E-state index is 11.1. The van der Waals surface area contributed by atoms with Crippen molar-refractivity contribution >= 4 is 5.91 Å². The lowest BCUT2D eigenvalue weighted by molar-refractivity contribution is -0.124. The molecule has 0 radical (unpaired) electrons. The second-order valence-corrected chi connectivity index (χ2v) is 5.59. The third-order valence-corrected chi connectivity index (χ3v) is 3.56. The first kappa shape index (κ1) is 13.9. The Morgan fingerprint density at radius 2 is 2.26 bits per heavy atom. The normalized spacial score (nSPS) is 14.5. The van der Waals surface area contributed by atoms with E-state index in [0.717, 1.165) is 25.2 Å². The van der Waals surface area contributed by atoms with Crippen LogP contribution in [0.15, 0.2) is 18.2 Å². The maximum atomic E-state index is 11.1. The van der Waals surface area contributed by atoms with Gasteiger partial charge in [-0.2, -0.15) is 0 Å². The SMILES string of the molecule is CC(C)(CNC(=O)CO)c1ccc2c(c1)CCCO2. The van der Waals surface area contributed by atoms with Gasteiger partial charge in [-0.15, -0.1) is 0 Å². The lowest BCUT2D eigenvalue weighted by Gasteiger charge is -2.27. The Bertz CT molecular complexity index is 468. The number of carbonyl (C=O) groups is 1. The molecule has 0 fully saturated rings. The average molecular weight is 263 g/mol. The minimum atomic E-state index is -0.464. The third-order valence-electron chi connectivity index (χ3n) is 3.56. The fourth-order valence-electron chi connectivity index (χ4n) is 2.26. The molecule has 1 aliphatic rings. The smallest absolute Gasteiger partial charge is 0.245 e. The first-order valence-electron chi connectivity index (χ1n) is 6.67. The van der Waals surface area contributed by atoms with E-state index < -0.39 is 6.61 Å². The fraction of sp³-hybridized carbons (Fsp3) is 0.533. The fourth-order valence-corrected chi connectivity index (χ4v) is 2.26. The summed E-state index contributed by atoms with van der Waals surface area (Å²) in [5, 5.41) is 11.5. The van der Waals surface area contributed by atoms with Crippen molar-refractivity contribution in [3.05, 3.63) is 29.3 Å². The molecule has 104 valence electrons. The van der Waals surface area contributed by atoms with Gasteiger partial charge in [0.05, 0.1) is 6.61 Å². The van der Waals surface area contributed by atoms with Crippen molar-refractivity contribution in [1.29, 1.82) is 0 Å². The van der Waals surface area contributed by atoms with Crippen LogP contribution in [0.25, 0.3) is 0 Å².